The van der Waals surface area contributed by atoms with E-state index in [0.29, 0.717) is 50.9 Å². The van der Waals surface area contributed by atoms with Gasteiger partial charge in [0, 0.05) is 75.7 Å². The van der Waals surface area contributed by atoms with Crippen molar-refractivity contribution < 1.29 is 47.7 Å². The van der Waals surface area contributed by atoms with Crippen LogP contribution in [0, 0.1) is 17.3 Å². The van der Waals surface area contributed by atoms with Crippen LogP contribution in [0.25, 0.3) is 33.3 Å². The molecule has 6 bridgehead atoms. The molecule has 8 rings (SSSR count). The summed E-state index contributed by atoms with van der Waals surface area (Å²) < 4.78 is 33.3. The second-order valence-corrected chi connectivity index (χ2v) is 20.4. The van der Waals surface area contributed by atoms with E-state index in [2.05, 4.69) is 46.6 Å². The lowest BCUT2D eigenvalue weighted by molar-refractivity contribution is -0.155. The first kappa shape index (κ1) is 52.1. The van der Waals surface area contributed by atoms with Crippen molar-refractivity contribution in [1.29, 1.82) is 0 Å². The molecule has 0 spiro atoms. The summed E-state index contributed by atoms with van der Waals surface area (Å²) in [5.41, 5.74) is 7.76. The molecule has 0 radical (unpaired) electrons. The number of amides is 4. The second-order valence-electron chi connectivity index (χ2n) is 20.0. The van der Waals surface area contributed by atoms with Gasteiger partial charge in [-0.05, 0) is 110 Å². The van der Waals surface area contributed by atoms with Crippen LogP contribution in [0.2, 0.25) is 0 Å². The third kappa shape index (κ3) is 12.0. The summed E-state index contributed by atoms with van der Waals surface area (Å²) in [6, 6.07) is 11.9. The topological polar surface area (TPSA) is 194 Å². The molecule has 18 heteroatoms. The Kier molecular flexibility index (Phi) is 16.8. The minimum atomic E-state index is -2.00. The van der Waals surface area contributed by atoms with Crippen LogP contribution in [0.4, 0.5) is 4.39 Å². The number of aromatic hydroxyl groups is 1. The van der Waals surface area contributed by atoms with E-state index in [0.717, 1.165) is 69.7 Å². The molecule has 2 fully saturated rings. The van der Waals surface area contributed by atoms with Gasteiger partial charge in [-0.25, -0.2) is 9.82 Å². The quantitative estimate of drug-likeness (QED) is 0.108. The van der Waals surface area contributed by atoms with Crippen LogP contribution in [0.15, 0.2) is 48.7 Å². The SMILES string of the molecule is CNC(=O)C1CCN(C(=O)C(F)Cl)C1.COC(C)c1ncccc1-c1c2c3cc(cc4c3n1CCCCO4)-c1cc(O)cc(c1)CC(NC(=O)CC(C)C)C(=O)N1CCCC(N1)C(=O)OCC(C)(C)C2. The van der Waals surface area contributed by atoms with Gasteiger partial charge in [0.2, 0.25) is 11.8 Å². The van der Waals surface area contributed by atoms with Gasteiger partial charge >= 0.3 is 5.97 Å². The zero-order chi connectivity index (χ0) is 50.4. The summed E-state index contributed by atoms with van der Waals surface area (Å²) in [5.74, 6) is -1.26. The molecule has 4 N–H and O–H groups in total. The monoisotopic (exact) mass is 987 g/mol. The average molecular weight is 989 g/mol. The van der Waals surface area contributed by atoms with Gasteiger partial charge in [-0.2, -0.15) is 0 Å². The molecule has 2 aromatic carbocycles. The van der Waals surface area contributed by atoms with E-state index in [1.54, 1.807) is 25.4 Å². The van der Waals surface area contributed by atoms with Gasteiger partial charge in [0.25, 0.3) is 17.4 Å². The van der Waals surface area contributed by atoms with Crippen molar-refractivity contribution in [2.75, 3.05) is 47.0 Å². The molecule has 5 unspecified atom stereocenters. The number of ether oxygens (including phenoxy) is 3. The highest BCUT2D eigenvalue weighted by Crippen LogP contribution is 2.46. The summed E-state index contributed by atoms with van der Waals surface area (Å²) in [5, 5.41) is 19.1. The number of nitrogens with zero attached hydrogens (tertiary/aromatic N) is 4. The Morgan fingerprint density at radius 3 is 2.53 bits per heavy atom. The van der Waals surface area contributed by atoms with Crippen molar-refractivity contribution in [2.45, 2.75) is 116 Å². The number of halogens is 2. The van der Waals surface area contributed by atoms with Crippen LogP contribution in [0.5, 0.6) is 11.5 Å². The van der Waals surface area contributed by atoms with Crippen molar-refractivity contribution in [2.24, 2.45) is 17.3 Å². The Morgan fingerprint density at radius 1 is 1.03 bits per heavy atom. The first-order valence-electron chi connectivity index (χ1n) is 24.3. The lowest BCUT2D eigenvalue weighted by atomic mass is 9.84. The molecular formula is C52H67ClFN7O9. The molecule has 70 heavy (non-hydrogen) atoms. The molecule has 4 amide bonds. The fourth-order valence-corrected chi connectivity index (χ4v) is 9.99. The van der Waals surface area contributed by atoms with E-state index in [1.807, 2.05) is 39.0 Å². The number of rotatable bonds is 8. The van der Waals surface area contributed by atoms with Crippen LogP contribution < -0.4 is 20.8 Å². The molecule has 0 aliphatic carbocycles. The molecule has 378 valence electrons. The van der Waals surface area contributed by atoms with E-state index in [1.165, 1.54) is 17.0 Å². The highest BCUT2D eigenvalue weighted by molar-refractivity contribution is 6.29. The van der Waals surface area contributed by atoms with Gasteiger partial charge in [0.15, 0.2) is 0 Å². The minimum absolute atomic E-state index is 0.0439. The maximum atomic E-state index is 14.2. The van der Waals surface area contributed by atoms with Crippen LogP contribution in [-0.4, -0.2) is 119 Å². The Bertz CT molecular complexity index is 2580. The van der Waals surface area contributed by atoms with Gasteiger partial charge in [0.1, 0.15) is 23.6 Å². The third-order valence-electron chi connectivity index (χ3n) is 13.4. The van der Waals surface area contributed by atoms with Gasteiger partial charge in [-0.3, -0.25) is 34.0 Å². The summed E-state index contributed by atoms with van der Waals surface area (Å²) in [6.07, 6.45) is 5.92. The molecule has 4 aliphatic heterocycles. The molecule has 2 saturated heterocycles. The summed E-state index contributed by atoms with van der Waals surface area (Å²) in [7, 11) is 3.22. The van der Waals surface area contributed by atoms with Crippen molar-refractivity contribution >= 4 is 52.1 Å². The number of likely N-dealkylation sites (tertiary alicyclic amines) is 1. The number of alkyl halides is 2. The van der Waals surface area contributed by atoms with Crippen LogP contribution in [0.1, 0.15) is 96.1 Å². The lowest BCUT2D eigenvalue weighted by Crippen LogP contribution is -2.60. The molecule has 4 aromatic rings. The number of pyridine rings is 1. The minimum Gasteiger partial charge on any atom is -0.508 e. The number of carbonyl (C=O) groups is 5. The van der Waals surface area contributed by atoms with Gasteiger partial charge in [0.05, 0.1) is 42.1 Å². The van der Waals surface area contributed by atoms with E-state index in [9.17, 15) is 33.5 Å². The number of aryl methyl sites for hydroxylation is 1. The predicted molar refractivity (Wildman–Crippen MR) is 263 cm³/mol. The Labute approximate surface area is 413 Å². The number of aromatic nitrogens is 2. The standard InChI is InChI=1S/C44H55N5O7.C8H12ClFN2O2/c1-26(2)17-38(51)46-36-20-28-18-29(21-31(50)19-28)30-22-33-34(24-44(4,5)25-56-43(53)35-12-10-15-49(47-35)42(36)52)40(32-11-9-13-45-39(32)27(3)54-6)48-14-7-8-16-55-37(23-30)41(33)48;1-11-7(13)5-2-3-12(4-5)8(14)6(9)10/h9,11,13,18-19,21-23,26-27,35-36,47,50H,7-8,10,12,14-17,20,24-25H2,1-6H3,(H,46,51);5-6H,2-4H2,1H3,(H,11,13). The Balaban J connectivity index is 0.000000444. The van der Waals surface area contributed by atoms with Gasteiger partial charge < -0.3 is 39.4 Å². The van der Waals surface area contributed by atoms with Crippen molar-refractivity contribution in [3.63, 3.8) is 0 Å². The number of phenolic OH excluding ortho intramolecular Hbond substituents is 1. The van der Waals surface area contributed by atoms with Crippen molar-refractivity contribution in [1.82, 2.24) is 35.5 Å². The van der Waals surface area contributed by atoms with Crippen molar-refractivity contribution in [3.05, 3.63) is 65.5 Å². The number of benzene rings is 2. The van der Waals surface area contributed by atoms with Crippen molar-refractivity contribution in [3.8, 4) is 33.9 Å². The molecule has 16 nitrogen and oxygen atoms in total. The number of hydrazine groups is 1. The number of hydrogen-bond acceptors (Lipinski definition) is 11. The van der Waals surface area contributed by atoms with Gasteiger partial charge in [-0.1, -0.05) is 45.4 Å². The zero-order valence-electron chi connectivity index (χ0n) is 41.2. The number of esters is 1. The maximum absolute atomic E-state index is 14.2. The number of carbonyl (C=O) groups excluding carboxylic acids is 5. The predicted octanol–water partition coefficient (Wildman–Crippen LogP) is 6.77. The van der Waals surface area contributed by atoms with E-state index < -0.39 is 35.0 Å². The highest BCUT2D eigenvalue weighted by atomic mass is 35.5. The fourth-order valence-electron chi connectivity index (χ4n) is 9.85. The number of hydrogen-bond donors (Lipinski definition) is 4. The number of cyclic esters (lactones) is 1. The van der Waals surface area contributed by atoms with Crippen LogP contribution >= 0.6 is 11.6 Å². The summed E-state index contributed by atoms with van der Waals surface area (Å²) in [6.45, 7) is 12.6. The molecule has 6 heterocycles. The smallest absolute Gasteiger partial charge is 0.324 e. The number of nitrogens with one attached hydrogen (secondary N) is 3. The Hall–Kier alpha value is -5.78. The lowest BCUT2D eigenvalue weighted by Gasteiger charge is -2.35. The second kappa shape index (κ2) is 22.5. The Morgan fingerprint density at radius 2 is 1.80 bits per heavy atom. The molecule has 5 atom stereocenters. The first-order chi connectivity index (χ1) is 33.4. The number of phenols is 1. The average Bonchev–Trinajstić information content (AvgIpc) is 3.93. The highest BCUT2D eigenvalue weighted by Gasteiger charge is 2.37. The largest absolute Gasteiger partial charge is 0.508 e. The molecule has 2 aromatic heterocycles. The van der Waals surface area contributed by atoms with E-state index in [-0.39, 0.29) is 67.4 Å². The normalized spacial score (nSPS) is 21.3. The molecule has 4 aliphatic rings. The third-order valence-corrected chi connectivity index (χ3v) is 13.6. The first-order valence-corrected chi connectivity index (χ1v) is 24.8. The van der Waals surface area contributed by atoms with Gasteiger partial charge in [-0.15, -0.1) is 0 Å². The number of methoxy groups -OCH3 is 1. The van der Waals surface area contributed by atoms with Crippen LogP contribution in [0.3, 0.4) is 0 Å². The summed E-state index contributed by atoms with van der Waals surface area (Å²) >= 11 is 5.01. The summed E-state index contributed by atoms with van der Waals surface area (Å²) in [4.78, 5) is 69.5. The van der Waals surface area contributed by atoms with E-state index >= 15 is 0 Å². The molecular weight excluding hydrogens is 921 g/mol. The maximum Gasteiger partial charge on any atom is 0.324 e. The van der Waals surface area contributed by atoms with Crippen LogP contribution in [-0.2, 0) is 52.8 Å². The fraction of sp³-hybridized carbons (Fsp3) is 0.538. The number of fused-ring (bicyclic) bond motifs is 6. The molecule has 0 saturated carbocycles. The zero-order valence-corrected chi connectivity index (χ0v) is 42.0. The van der Waals surface area contributed by atoms with E-state index in [4.69, 9.17) is 30.8 Å².